The minimum atomic E-state index is -0.777. The minimum Gasteiger partial charge on any atom is -0.390 e. The Morgan fingerprint density at radius 1 is 1.04 bits per heavy atom. The van der Waals surface area contributed by atoms with Crippen LogP contribution in [0.15, 0.2) is 60.9 Å². The summed E-state index contributed by atoms with van der Waals surface area (Å²) < 4.78 is 28.7. The highest BCUT2D eigenvalue weighted by molar-refractivity contribution is 5.23. The van der Waals surface area contributed by atoms with E-state index in [1.165, 1.54) is 17.7 Å². The first-order chi connectivity index (χ1) is 13.5. The number of nitrogens with one attached hydrogen (secondary N) is 1. The first kappa shape index (κ1) is 20.2. The van der Waals surface area contributed by atoms with Crippen LogP contribution in [-0.2, 0) is 19.4 Å². The summed E-state index contributed by atoms with van der Waals surface area (Å²) in [6, 6.07) is 13.0. The summed E-state index contributed by atoms with van der Waals surface area (Å²) in [5.74, 6) is -1.25. The molecule has 0 amide bonds. The highest BCUT2D eigenvalue weighted by Gasteiger charge is 2.22. The predicted molar refractivity (Wildman–Crippen MR) is 105 cm³/mol. The van der Waals surface area contributed by atoms with Crippen molar-refractivity contribution in [2.45, 2.75) is 38.5 Å². The summed E-state index contributed by atoms with van der Waals surface area (Å²) in [6.45, 7) is 3.07. The van der Waals surface area contributed by atoms with Gasteiger partial charge in [-0.25, -0.2) is 8.78 Å². The van der Waals surface area contributed by atoms with Gasteiger partial charge >= 0.3 is 0 Å². The van der Waals surface area contributed by atoms with E-state index in [9.17, 15) is 13.9 Å². The second-order valence-corrected chi connectivity index (χ2v) is 6.91. The molecule has 6 heteroatoms. The third-order valence-corrected chi connectivity index (χ3v) is 4.76. The van der Waals surface area contributed by atoms with Crippen molar-refractivity contribution < 1.29 is 13.9 Å². The summed E-state index contributed by atoms with van der Waals surface area (Å²) in [5.41, 5.74) is 2.89. The standard InChI is InChI=1S/C22H25F2N3O/c1-2-16-5-3-6-17(9-16)14-25-15-22(28)21(27-8-4-7-26-27)12-18-10-19(23)13-20(24)11-18/h3-11,13,21-22,25,28H,2,12,14-15H2,1H3/t21-,22+/m0/s1. The number of nitrogens with zero attached hydrogens (tertiary/aromatic N) is 2. The molecule has 0 fully saturated rings. The molecular formula is C22H25F2N3O. The summed E-state index contributed by atoms with van der Waals surface area (Å²) in [5, 5.41) is 18.2. The molecule has 28 heavy (non-hydrogen) atoms. The largest absolute Gasteiger partial charge is 0.390 e. The summed E-state index contributed by atoms with van der Waals surface area (Å²) in [4.78, 5) is 0. The molecule has 2 aromatic carbocycles. The Morgan fingerprint density at radius 2 is 1.79 bits per heavy atom. The zero-order chi connectivity index (χ0) is 19.9. The van der Waals surface area contributed by atoms with Crippen LogP contribution in [0.3, 0.4) is 0 Å². The van der Waals surface area contributed by atoms with Crippen molar-refractivity contribution in [2.75, 3.05) is 6.54 Å². The van der Waals surface area contributed by atoms with E-state index in [1.54, 1.807) is 23.1 Å². The Balaban J connectivity index is 1.66. The Kier molecular flexibility index (Phi) is 6.90. The first-order valence-electron chi connectivity index (χ1n) is 9.46. The van der Waals surface area contributed by atoms with Gasteiger partial charge in [0.1, 0.15) is 11.6 Å². The van der Waals surface area contributed by atoms with Gasteiger partial charge in [0.05, 0.1) is 12.1 Å². The van der Waals surface area contributed by atoms with Gasteiger partial charge in [-0.05, 0) is 47.7 Å². The van der Waals surface area contributed by atoms with Crippen molar-refractivity contribution in [3.8, 4) is 0 Å². The van der Waals surface area contributed by atoms with E-state index < -0.39 is 23.8 Å². The third-order valence-electron chi connectivity index (χ3n) is 4.76. The SMILES string of the molecule is CCc1cccc(CNC[C@@H](O)[C@H](Cc2cc(F)cc(F)c2)n2cccn2)c1. The van der Waals surface area contributed by atoms with Crippen LogP contribution in [0.25, 0.3) is 0 Å². The number of rotatable bonds is 9. The average Bonchev–Trinajstić information content (AvgIpc) is 3.20. The Bertz CT molecular complexity index is 863. The van der Waals surface area contributed by atoms with E-state index in [4.69, 9.17) is 0 Å². The van der Waals surface area contributed by atoms with E-state index in [1.807, 2.05) is 12.1 Å². The van der Waals surface area contributed by atoms with Crippen molar-refractivity contribution in [1.29, 1.82) is 0 Å². The lowest BCUT2D eigenvalue weighted by Crippen LogP contribution is -2.35. The van der Waals surface area contributed by atoms with Crippen LogP contribution in [0.5, 0.6) is 0 Å². The number of aliphatic hydroxyl groups excluding tert-OH is 1. The second-order valence-electron chi connectivity index (χ2n) is 6.91. The molecule has 3 rings (SSSR count). The summed E-state index contributed by atoms with van der Waals surface area (Å²) in [6.07, 6.45) is 3.83. The molecular weight excluding hydrogens is 360 g/mol. The smallest absolute Gasteiger partial charge is 0.126 e. The van der Waals surface area contributed by atoms with Gasteiger partial charge in [0, 0.05) is 31.5 Å². The van der Waals surface area contributed by atoms with Crippen molar-refractivity contribution in [1.82, 2.24) is 15.1 Å². The molecule has 0 saturated heterocycles. The minimum absolute atomic E-state index is 0.268. The number of benzene rings is 2. The summed E-state index contributed by atoms with van der Waals surface area (Å²) >= 11 is 0. The monoisotopic (exact) mass is 385 g/mol. The molecule has 0 aliphatic carbocycles. The highest BCUT2D eigenvalue weighted by atomic mass is 19.1. The molecule has 148 valence electrons. The van der Waals surface area contributed by atoms with Crippen molar-refractivity contribution in [2.24, 2.45) is 0 Å². The lowest BCUT2D eigenvalue weighted by Gasteiger charge is -2.24. The lowest BCUT2D eigenvalue weighted by molar-refractivity contribution is 0.104. The topological polar surface area (TPSA) is 50.1 Å². The molecule has 2 atom stereocenters. The zero-order valence-electron chi connectivity index (χ0n) is 15.9. The molecule has 3 aromatic rings. The van der Waals surface area contributed by atoms with E-state index >= 15 is 0 Å². The van der Waals surface area contributed by atoms with Gasteiger partial charge in [0.25, 0.3) is 0 Å². The average molecular weight is 385 g/mol. The zero-order valence-corrected chi connectivity index (χ0v) is 15.9. The maximum atomic E-state index is 13.5. The fourth-order valence-electron chi connectivity index (χ4n) is 3.31. The number of aliphatic hydroxyl groups is 1. The first-order valence-corrected chi connectivity index (χ1v) is 9.46. The molecule has 0 spiro atoms. The van der Waals surface area contributed by atoms with Crippen molar-refractivity contribution in [3.63, 3.8) is 0 Å². The van der Waals surface area contributed by atoms with E-state index in [0.717, 1.165) is 18.1 Å². The molecule has 0 aliphatic heterocycles. The fraction of sp³-hybridized carbons (Fsp3) is 0.318. The number of aromatic nitrogens is 2. The van der Waals surface area contributed by atoms with Crippen LogP contribution < -0.4 is 5.32 Å². The number of hydrogen-bond donors (Lipinski definition) is 2. The van der Waals surface area contributed by atoms with E-state index in [2.05, 4.69) is 29.5 Å². The number of hydrogen-bond acceptors (Lipinski definition) is 3. The molecule has 4 nitrogen and oxygen atoms in total. The van der Waals surface area contributed by atoms with Crippen LogP contribution in [0, 0.1) is 11.6 Å². The van der Waals surface area contributed by atoms with Gasteiger partial charge in [0.2, 0.25) is 0 Å². The quantitative estimate of drug-likeness (QED) is 0.591. The van der Waals surface area contributed by atoms with Crippen molar-refractivity contribution in [3.05, 3.63) is 89.2 Å². The predicted octanol–water partition coefficient (Wildman–Crippen LogP) is 3.66. The molecule has 1 heterocycles. The molecule has 0 unspecified atom stereocenters. The van der Waals surface area contributed by atoms with Crippen LogP contribution in [0.2, 0.25) is 0 Å². The number of halogens is 2. The Hall–Kier alpha value is -2.57. The Morgan fingerprint density at radius 3 is 2.46 bits per heavy atom. The van der Waals surface area contributed by atoms with E-state index in [-0.39, 0.29) is 6.42 Å². The lowest BCUT2D eigenvalue weighted by atomic mass is 10.0. The highest BCUT2D eigenvalue weighted by Crippen LogP contribution is 2.19. The molecule has 0 bridgehead atoms. The van der Waals surface area contributed by atoms with Gasteiger partial charge in [0.15, 0.2) is 0 Å². The number of aryl methyl sites for hydroxylation is 1. The Labute approximate surface area is 163 Å². The van der Waals surface area contributed by atoms with Crippen LogP contribution in [-0.4, -0.2) is 27.5 Å². The van der Waals surface area contributed by atoms with Crippen LogP contribution in [0.1, 0.15) is 29.7 Å². The maximum Gasteiger partial charge on any atom is 0.126 e. The van der Waals surface area contributed by atoms with Crippen molar-refractivity contribution >= 4 is 0 Å². The summed E-state index contributed by atoms with van der Waals surface area (Å²) in [7, 11) is 0. The molecule has 0 radical (unpaired) electrons. The molecule has 0 aliphatic rings. The molecule has 1 aromatic heterocycles. The van der Waals surface area contributed by atoms with Gasteiger partial charge in [-0.2, -0.15) is 5.10 Å². The fourth-order valence-corrected chi connectivity index (χ4v) is 3.31. The van der Waals surface area contributed by atoms with Crippen LogP contribution in [0.4, 0.5) is 8.78 Å². The third kappa shape index (κ3) is 5.47. The van der Waals surface area contributed by atoms with Crippen LogP contribution >= 0.6 is 0 Å². The second kappa shape index (κ2) is 9.57. The van der Waals surface area contributed by atoms with Gasteiger partial charge in [-0.3, -0.25) is 4.68 Å². The maximum absolute atomic E-state index is 13.5. The van der Waals surface area contributed by atoms with Gasteiger partial charge in [-0.15, -0.1) is 0 Å². The van der Waals surface area contributed by atoms with Gasteiger partial charge in [-0.1, -0.05) is 31.2 Å². The molecule has 2 N–H and O–H groups in total. The van der Waals surface area contributed by atoms with Gasteiger partial charge < -0.3 is 10.4 Å². The van der Waals surface area contributed by atoms with E-state index in [0.29, 0.717) is 18.7 Å². The normalized spacial score (nSPS) is 13.4. The molecule has 0 saturated carbocycles.